The standard InChI is InChI=1S/C22H36O4S2/c1-19(2,25-17(23)12-27-5)21-8-15-7-16(9-21)11-22(10-15,14-21)20(3,4)26-18(24)13-28-6/h15-16H,7-14H2,1-6H3. The maximum Gasteiger partial charge on any atom is 0.316 e. The lowest BCUT2D eigenvalue weighted by Crippen LogP contribution is -2.65. The van der Waals surface area contributed by atoms with Crippen molar-refractivity contribution in [3.63, 3.8) is 0 Å². The molecule has 0 heterocycles. The molecular weight excluding hydrogens is 392 g/mol. The van der Waals surface area contributed by atoms with Crippen LogP contribution in [0, 0.1) is 22.7 Å². The summed E-state index contributed by atoms with van der Waals surface area (Å²) in [7, 11) is 0. The van der Waals surface area contributed by atoms with Crippen LogP contribution in [0.25, 0.3) is 0 Å². The van der Waals surface area contributed by atoms with Crippen molar-refractivity contribution in [2.75, 3.05) is 24.0 Å². The Labute approximate surface area is 178 Å². The predicted octanol–water partition coefficient (Wildman–Crippen LogP) is 4.94. The molecule has 4 aliphatic carbocycles. The topological polar surface area (TPSA) is 52.6 Å². The van der Waals surface area contributed by atoms with Gasteiger partial charge in [-0.3, -0.25) is 9.59 Å². The molecule has 0 aromatic rings. The zero-order chi connectivity index (χ0) is 20.8. The average molecular weight is 429 g/mol. The van der Waals surface area contributed by atoms with Crippen LogP contribution in [-0.2, 0) is 19.1 Å². The van der Waals surface area contributed by atoms with E-state index in [9.17, 15) is 9.59 Å². The van der Waals surface area contributed by atoms with Crippen molar-refractivity contribution in [1.29, 1.82) is 0 Å². The maximum atomic E-state index is 12.3. The van der Waals surface area contributed by atoms with Gasteiger partial charge in [-0.25, -0.2) is 0 Å². The summed E-state index contributed by atoms with van der Waals surface area (Å²) in [5.41, 5.74) is -1.03. The molecule has 0 atom stereocenters. The molecule has 4 rings (SSSR count). The third-order valence-electron chi connectivity index (χ3n) is 7.88. The first-order valence-electron chi connectivity index (χ1n) is 10.4. The van der Waals surface area contributed by atoms with Gasteiger partial charge in [-0.15, -0.1) is 0 Å². The van der Waals surface area contributed by atoms with Crippen LogP contribution in [-0.4, -0.2) is 47.2 Å². The zero-order valence-corrected chi connectivity index (χ0v) is 19.9. The van der Waals surface area contributed by atoms with Crippen LogP contribution < -0.4 is 0 Å². The van der Waals surface area contributed by atoms with E-state index in [0.717, 1.165) is 32.1 Å². The first-order valence-corrected chi connectivity index (χ1v) is 13.2. The van der Waals surface area contributed by atoms with Gasteiger partial charge in [0.2, 0.25) is 0 Å². The fourth-order valence-corrected chi connectivity index (χ4v) is 7.34. The van der Waals surface area contributed by atoms with Gasteiger partial charge in [0.25, 0.3) is 0 Å². The first-order chi connectivity index (χ1) is 13.0. The Balaban J connectivity index is 1.88. The van der Waals surface area contributed by atoms with Crippen LogP contribution in [0.5, 0.6) is 0 Å². The number of thioether (sulfide) groups is 2. The highest BCUT2D eigenvalue weighted by Gasteiger charge is 2.67. The van der Waals surface area contributed by atoms with E-state index in [4.69, 9.17) is 9.47 Å². The smallest absolute Gasteiger partial charge is 0.316 e. The van der Waals surface area contributed by atoms with Gasteiger partial charge in [-0.1, -0.05) is 0 Å². The van der Waals surface area contributed by atoms with Gasteiger partial charge >= 0.3 is 11.9 Å². The molecule has 160 valence electrons. The second-order valence-corrected chi connectivity index (χ2v) is 12.1. The molecule has 4 saturated carbocycles. The maximum absolute atomic E-state index is 12.3. The van der Waals surface area contributed by atoms with Gasteiger partial charge in [-0.05, 0) is 90.6 Å². The van der Waals surface area contributed by atoms with Crippen LogP contribution >= 0.6 is 23.5 Å². The number of carbonyl (C=O) groups is 2. The molecule has 0 amide bonds. The summed E-state index contributed by atoms with van der Waals surface area (Å²) in [6.07, 6.45) is 10.6. The van der Waals surface area contributed by atoms with E-state index in [1.807, 2.05) is 12.5 Å². The van der Waals surface area contributed by atoms with E-state index in [1.54, 1.807) is 0 Å². The summed E-state index contributed by atoms with van der Waals surface area (Å²) in [6.45, 7) is 8.44. The lowest BCUT2D eigenvalue weighted by atomic mass is 9.38. The Kier molecular flexibility index (Phi) is 6.15. The number of esters is 2. The Morgan fingerprint density at radius 1 is 0.821 bits per heavy atom. The van der Waals surface area contributed by atoms with E-state index in [1.165, 1.54) is 29.9 Å². The van der Waals surface area contributed by atoms with E-state index in [2.05, 4.69) is 27.7 Å². The van der Waals surface area contributed by atoms with E-state index in [0.29, 0.717) is 23.3 Å². The van der Waals surface area contributed by atoms with Crippen molar-refractivity contribution in [2.45, 2.75) is 77.4 Å². The molecule has 4 fully saturated rings. The molecule has 0 aliphatic heterocycles. The van der Waals surface area contributed by atoms with Crippen molar-refractivity contribution in [3.05, 3.63) is 0 Å². The van der Waals surface area contributed by atoms with Crippen LogP contribution in [0.1, 0.15) is 66.2 Å². The number of ether oxygens (including phenoxy) is 2. The molecule has 0 unspecified atom stereocenters. The van der Waals surface area contributed by atoms with Crippen molar-refractivity contribution >= 4 is 35.5 Å². The monoisotopic (exact) mass is 428 g/mol. The predicted molar refractivity (Wildman–Crippen MR) is 117 cm³/mol. The summed E-state index contributed by atoms with van der Waals surface area (Å²) in [5.74, 6) is 1.84. The molecule has 0 aromatic carbocycles. The molecular formula is C22H36O4S2. The number of carbonyl (C=O) groups excluding carboxylic acids is 2. The third-order valence-corrected chi connectivity index (χ3v) is 8.93. The van der Waals surface area contributed by atoms with Crippen LogP contribution in [0.2, 0.25) is 0 Å². The van der Waals surface area contributed by atoms with Gasteiger partial charge in [0, 0.05) is 10.8 Å². The normalized spacial score (nSPS) is 34.4. The molecule has 0 N–H and O–H groups in total. The number of hydrogen-bond donors (Lipinski definition) is 0. The molecule has 4 nitrogen and oxygen atoms in total. The number of rotatable bonds is 8. The van der Waals surface area contributed by atoms with Crippen molar-refractivity contribution in [2.24, 2.45) is 22.7 Å². The summed E-state index contributed by atoms with van der Waals surface area (Å²) in [6, 6.07) is 0. The number of hydrogen-bond acceptors (Lipinski definition) is 6. The zero-order valence-electron chi connectivity index (χ0n) is 18.3. The van der Waals surface area contributed by atoms with Crippen molar-refractivity contribution in [1.82, 2.24) is 0 Å². The summed E-state index contributed by atoms with van der Waals surface area (Å²) < 4.78 is 12.1. The Bertz CT molecular complexity index is 564. The minimum absolute atomic E-state index is 0.0195. The molecule has 0 saturated heterocycles. The van der Waals surface area contributed by atoms with Crippen molar-refractivity contribution < 1.29 is 19.1 Å². The molecule has 6 heteroatoms. The second kappa shape index (κ2) is 7.72. The van der Waals surface area contributed by atoms with Gasteiger partial charge in [-0.2, -0.15) is 23.5 Å². The van der Waals surface area contributed by atoms with Gasteiger partial charge in [0.05, 0.1) is 11.5 Å². The molecule has 4 bridgehead atoms. The van der Waals surface area contributed by atoms with E-state index < -0.39 is 11.2 Å². The highest BCUT2D eigenvalue weighted by atomic mass is 32.2. The Morgan fingerprint density at radius 2 is 1.18 bits per heavy atom. The average Bonchev–Trinajstić information content (AvgIpc) is 2.52. The summed E-state index contributed by atoms with van der Waals surface area (Å²) >= 11 is 3.02. The molecule has 4 aliphatic rings. The SMILES string of the molecule is CSCC(=O)OC(C)(C)C12CC3CC(C1)CC(C(C)(C)OC(=O)CSC)(C3)C2. The van der Waals surface area contributed by atoms with Gasteiger partial charge < -0.3 is 9.47 Å². The molecule has 0 aromatic heterocycles. The summed E-state index contributed by atoms with van der Waals surface area (Å²) in [4.78, 5) is 24.7. The van der Waals surface area contributed by atoms with Crippen LogP contribution in [0.3, 0.4) is 0 Å². The minimum Gasteiger partial charge on any atom is -0.458 e. The fourth-order valence-electron chi connectivity index (χ4n) is 6.75. The van der Waals surface area contributed by atoms with Crippen molar-refractivity contribution in [3.8, 4) is 0 Å². The Morgan fingerprint density at radius 3 is 1.50 bits per heavy atom. The molecule has 0 radical (unpaired) electrons. The highest BCUT2D eigenvalue weighted by molar-refractivity contribution is 7.99. The highest BCUT2D eigenvalue weighted by Crippen LogP contribution is 2.71. The van der Waals surface area contributed by atoms with E-state index >= 15 is 0 Å². The van der Waals surface area contributed by atoms with Gasteiger partial charge in [0.1, 0.15) is 11.2 Å². The molecule has 28 heavy (non-hydrogen) atoms. The lowest BCUT2D eigenvalue weighted by molar-refractivity contribution is -0.249. The minimum atomic E-state index is -0.498. The van der Waals surface area contributed by atoms with Crippen LogP contribution in [0.15, 0.2) is 0 Å². The van der Waals surface area contributed by atoms with Crippen LogP contribution in [0.4, 0.5) is 0 Å². The third kappa shape index (κ3) is 3.84. The lowest BCUT2D eigenvalue weighted by Gasteiger charge is -2.68. The largest absolute Gasteiger partial charge is 0.458 e. The summed E-state index contributed by atoms with van der Waals surface area (Å²) in [5, 5.41) is 0. The second-order valence-electron chi connectivity index (χ2n) is 10.4. The first kappa shape index (κ1) is 22.3. The quantitative estimate of drug-likeness (QED) is 0.510. The molecule has 0 spiro atoms. The fraction of sp³-hybridized carbons (Fsp3) is 0.909. The van der Waals surface area contributed by atoms with E-state index in [-0.39, 0.29) is 22.8 Å². The Hall–Kier alpha value is -0.360. The van der Waals surface area contributed by atoms with Gasteiger partial charge in [0.15, 0.2) is 0 Å².